The van der Waals surface area contributed by atoms with Crippen molar-refractivity contribution in [3.63, 3.8) is 0 Å². The van der Waals surface area contributed by atoms with Gasteiger partial charge in [0.05, 0.1) is 43.1 Å². The highest BCUT2D eigenvalue weighted by Crippen LogP contribution is 2.32. The number of carbonyl (C=O) groups is 3. The number of benzene rings is 1. The van der Waals surface area contributed by atoms with E-state index in [0.717, 1.165) is 5.56 Å². The summed E-state index contributed by atoms with van der Waals surface area (Å²) in [6.45, 7) is 1.22. The molecule has 1 unspecified atom stereocenters. The summed E-state index contributed by atoms with van der Waals surface area (Å²) in [4.78, 5) is 37.8. The topological polar surface area (TPSA) is 97.0 Å². The number of urea groups is 1. The zero-order chi connectivity index (χ0) is 18.0. The molecule has 1 atom stereocenters. The smallest absolute Gasteiger partial charge is 0.337 e. The molecular weight excluding hydrogens is 326 g/mol. The second-order valence-electron chi connectivity index (χ2n) is 5.76. The van der Waals surface area contributed by atoms with Gasteiger partial charge in [0.15, 0.2) is 0 Å². The Morgan fingerprint density at radius 3 is 2.60 bits per heavy atom. The molecule has 25 heavy (non-hydrogen) atoms. The molecule has 1 aromatic rings. The third-order valence-electron chi connectivity index (χ3n) is 4.25. The Morgan fingerprint density at radius 1 is 1.24 bits per heavy atom. The molecule has 0 radical (unpaired) electrons. The van der Waals surface area contributed by atoms with Gasteiger partial charge < -0.3 is 25.0 Å². The van der Waals surface area contributed by atoms with Gasteiger partial charge in [-0.05, 0) is 17.7 Å². The summed E-state index contributed by atoms with van der Waals surface area (Å²) in [6.07, 6.45) is 0. The molecule has 0 saturated carbocycles. The first-order valence-electron chi connectivity index (χ1n) is 7.82. The van der Waals surface area contributed by atoms with Crippen LogP contribution in [0.3, 0.4) is 0 Å². The van der Waals surface area contributed by atoms with Crippen molar-refractivity contribution < 1.29 is 23.9 Å². The summed E-state index contributed by atoms with van der Waals surface area (Å²) in [5, 5.41) is 5.48. The second-order valence-corrected chi connectivity index (χ2v) is 5.76. The highest BCUT2D eigenvalue weighted by atomic mass is 16.5. The van der Waals surface area contributed by atoms with E-state index in [-0.39, 0.29) is 11.9 Å². The molecule has 0 spiro atoms. The largest absolute Gasteiger partial charge is 0.465 e. The lowest BCUT2D eigenvalue weighted by Crippen LogP contribution is -2.44. The minimum Gasteiger partial charge on any atom is -0.465 e. The lowest BCUT2D eigenvalue weighted by atomic mass is 9.95. The van der Waals surface area contributed by atoms with Gasteiger partial charge >= 0.3 is 12.0 Å². The van der Waals surface area contributed by atoms with Crippen LogP contribution in [0, 0.1) is 0 Å². The van der Waals surface area contributed by atoms with Gasteiger partial charge in [0.1, 0.15) is 0 Å². The Hall–Kier alpha value is -2.87. The molecule has 0 fully saturated rings. The van der Waals surface area contributed by atoms with E-state index in [2.05, 4.69) is 15.4 Å². The summed E-state index contributed by atoms with van der Waals surface area (Å²) in [6, 6.07) is 5.71. The molecule has 3 rings (SSSR count). The van der Waals surface area contributed by atoms with Gasteiger partial charge in [-0.1, -0.05) is 12.1 Å². The van der Waals surface area contributed by atoms with Crippen LogP contribution in [-0.4, -0.2) is 56.7 Å². The molecule has 0 aliphatic carbocycles. The summed E-state index contributed by atoms with van der Waals surface area (Å²) < 4.78 is 9.70. The van der Waals surface area contributed by atoms with Crippen LogP contribution in [0.2, 0.25) is 0 Å². The quantitative estimate of drug-likeness (QED) is 0.761. The van der Waals surface area contributed by atoms with E-state index < -0.39 is 12.0 Å². The van der Waals surface area contributed by atoms with E-state index in [4.69, 9.17) is 4.74 Å². The molecule has 0 aromatic heterocycles. The molecular formula is C17H19N3O5. The van der Waals surface area contributed by atoms with Crippen molar-refractivity contribution in [2.75, 3.05) is 33.9 Å². The number of hydrogen-bond acceptors (Lipinski definition) is 5. The molecule has 0 saturated heterocycles. The number of nitrogens with zero attached hydrogens (tertiary/aromatic N) is 1. The van der Waals surface area contributed by atoms with E-state index in [9.17, 15) is 14.4 Å². The van der Waals surface area contributed by atoms with Crippen LogP contribution in [-0.2, 0) is 14.3 Å². The third kappa shape index (κ3) is 3.20. The lowest BCUT2D eigenvalue weighted by molar-refractivity contribution is -0.126. The zero-order valence-electron chi connectivity index (χ0n) is 14.0. The second kappa shape index (κ2) is 6.94. The van der Waals surface area contributed by atoms with E-state index in [1.165, 1.54) is 7.11 Å². The summed E-state index contributed by atoms with van der Waals surface area (Å²) in [5.74, 6) is -0.579. The van der Waals surface area contributed by atoms with Crippen molar-refractivity contribution in [2.24, 2.45) is 0 Å². The fourth-order valence-electron chi connectivity index (χ4n) is 2.99. The normalized spacial score (nSPS) is 19.4. The number of amides is 3. The minimum atomic E-state index is -0.560. The van der Waals surface area contributed by atoms with E-state index in [0.29, 0.717) is 36.5 Å². The summed E-state index contributed by atoms with van der Waals surface area (Å²) >= 11 is 0. The van der Waals surface area contributed by atoms with Gasteiger partial charge in [-0.2, -0.15) is 0 Å². The lowest BCUT2D eigenvalue weighted by Gasteiger charge is -2.25. The first-order chi connectivity index (χ1) is 12.0. The maximum Gasteiger partial charge on any atom is 0.337 e. The average Bonchev–Trinajstić information content (AvgIpc) is 2.94. The predicted molar refractivity (Wildman–Crippen MR) is 87.7 cm³/mol. The fourth-order valence-corrected chi connectivity index (χ4v) is 2.99. The third-order valence-corrected chi connectivity index (χ3v) is 4.25. The maximum atomic E-state index is 12.7. The van der Waals surface area contributed by atoms with Crippen LogP contribution >= 0.6 is 0 Å². The minimum absolute atomic E-state index is 0.137. The van der Waals surface area contributed by atoms with Crippen LogP contribution in [0.4, 0.5) is 4.79 Å². The van der Waals surface area contributed by atoms with Crippen LogP contribution < -0.4 is 10.6 Å². The summed E-state index contributed by atoms with van der Waals surface area (Å²) in [5.41, 5.74) is 2.24. The van der Waals surface area contributed by atoms with Crippen molar-refractivity contribution in [1.29, 1.82) is 0 Å². The molecule has 132 valence electrons. The molecule has 1 aromatic carbocycles. The number of methoxy groups -OCH3 is 2. The average molecular weight is 345 g/mol. The van der Waals surface area contributed by atoms with Crippen LogP contribution in [0.15, 0.2) is 35.5 Å². The van der Waals surface area contributed by atoms with Crippen molar-refractivity contribution >= 4 is 17.9 Å². The van der Waals surface area contributed by atoms with E-state index in [1.54, 1.807) is 36.3 Å². The fraction of sp³-hybridized carbons (Fsp3) is 0.353. The zero-order valence-corrected chi connectivity index (χ0v) is 14.0. The Morgan fingerprint density at radius 2 is 1.96 bits per heavy atom. The Balaban J connectivity index is 1.87. The van der Waals surface area contributed by atoms with Gasteiger partial charge in [-0.3, -0.25) is 4.79 Å². The Kier molecular flexibility index (Phi) is 4.71. The molecule has 8 heteroatoms. The molecule has 8 nitrogen and oxygen atoms in total. The van der Waals surface area contributed by atoms with Crippen molar-refractivity contribution in [3.8, 4) is 0 Å². The van der Waals surface area contributed by atoms with Gasteiger partial charge in [0.25, 0.3) is 5.91 Å². The Labute approximate surface area is 144 Å². The number of rotatable bonds is 5. The molecule has 0 bridgehead atoms. The van der Waals surface area contributed by atoms with Gasteiger partial charge in [-0.15, -0.1) is 0 Å². The standard InChI is InChI=1S/C17H19N3O5/c1-24-8-7-20-9-12-13(15(20)21)14(19-17(23)18-12)10-3-5-11(6-4-10)16(22)25-2/h3-6,14H,7-9H2,1-2H3,(H2,18,19,23). The summed E-state index contributed by atoms with van der Waals surface area (Å²) in [7, 11) is 2.88. The highest BCUT2D eigenvalue weighted by Gasteiger charge is 2.40. The van der Waals surface area contributed by atoms with Crippen LogP contribution in [0.1, 0.15) is 22.0 Å². The SMILES string of the molecule is COCCN1CC2=C(C1=O)C(c1ccc(C(=O)OC)cc1)NC(=O)N2. The van der Waals surface area contributed by atoms with Gasteiger partial charge in [-0.25, -0.2) is 9.59 Å². The molecule has 2 aliphatic heterocycles. The van der Waals surface area contributed by atoms with Gasteiger partial charge in [0, 0.05) is 13.7 Å². The highest BCUT2D eigenvalue weighted by molar-refractivity contribution is 6.01. The molecule has 2 aliphatic rings. The van der Waals surface area contributed by atoms with E-state index in [1.807, 2.05) is 0 Å². The number of hydrogen-bond donors (Lipinski definition) is 2. The predicted octanol–water partition coefficient (Wildman–Crippen LogP) is 0.570. The van der Waals surface area contributed by atoms with Crippen LogP contribution in [0.25, 0.3) is 0 Å². The monoisotopic (exact) mass is 345 g/mol. The van der Waals surface area contributed by atoms with E-state index >= 15 is 0 Å². The number of nitrogens with one attached hydrogen (secondary N) is 2. The first-order valence-corrected chi connectivity index (χ1v) is 7.82. The van der Waals surface area contributed by atoms with Gasteiger partial charge in [0.2, 0.25) is 0 Å². The van der Waals surface area contributed by atoms with Crippen molar-refractivity contribution in [2.45, 2.75) is 6.04 Å². The molecule has 3 amide bonds. The van der Waals surface area contributed by atoms with Crippen molar-refractivity contribution in [3.05, 3.63) is 46.7 Å². The van der Waals surface area contributed by atoms with Crippen LogP contribution in [0.5, 0.6) is 0 Å². The maximum absolute atomic E-state index is 12.7. The number of carbonyl (C=O) groups excluding carboxylic acids is 3. The molecule has 2 heterocycles. The first kappa shape index (κ1) is 17.0. The number of ether oxygens (including phenoxy) is 2. The Bertz CT molecular complexity index is 741. The number of esters is 1. The van der Waals surface area contributed by atoms with Crippen molar-refractivity contribution in [1.82, 2.24) is 15.5 Å². The molecule has 2 N–H and O–H groups in total.